The van der Waals surface area contributed by atoms with Crippen LogP contribution in [-0.2, 0) is 24.2 Å². The Morgan fingerprint density at radius 3 is 1.63 bits per heavy atom. The molecular weight excluding hydrogens is 880 g/mol. The molecule has 346 valence electrons. The van der Waals surface area contributed by atoms with Gasteiger partial charge in [0.25, 0.3) is 0 Å². The molecule has 0 aliphatic rings. The Morgan fingerprint density at radius 1 is 0.612 bits per heavy atom. The molecule has 0 amide bonds. The molecule has 0 heterocycles. The average molecular weight is 929 g/mol. The maximum Gasteiger partial charge on any atom is 0.344 e. The zero-order valence-corrected chi connectivity index (χ0v) is 38.6. The highest BCUT2D eigenvalue weighted by molar-refractivity contribution is 7.91. The normalized spacial score (nSPS) is 11.4. The minimum atomic E-state index is -3.27. The van der Waals surface area contributed by atoms with E-state index in [-0.39, 0.29) is 22.0 Å². The fourth-order valence-electron chi connectivity index (χ4n) is 6.39. The van der Waals surface area contributed by atoms with Gasteiger partial charge in [-0.05, 0) is 137 Å². The van der Waals surface area contributed by atoms with Gasteiger partial charge in [0.15, 0.2) is 28.7 Å². The Kier molecular flexibility index (Phi) is 17.9. The van der Waals surface area contributed by atoms with E-state index >= 15 is 0 Å². The van der Waals surface area contributed by atoms with Gasteiger partial charge in [-0.1, -0.05) is 60.0 Å². The average Bonchev–Trinajstić information content (AvgIpc) is 3.30. The smallest absolute Gasteiger partial charge is 0.344 e. The van der Waals surface area contributed by atoms with Crippen LogP contribution in [0, 0.1) is 56.2 Å². The van der Waals surface area contributed by atoms with E-state index in [2.05, 4.69) is 6.07 Å². The number of sulfone groups is 1. The number of hydrogen-bond acceptors (Lipinski definition) is 10. The lowest BCUT2D eigenvalue weighted by Gasteiger charge is -2.16. The van der Waals surface area contributed by atoms with E-state index in [1.165, 1.54) is 32.0 Å². The first-order valence-electron chi connectivity index (χ1n) is 20.7. The first-order chi connectivity index (χ1) is 31.7. The highest BCUT2D eigenvalue weighted by Gasteiger charge is 2.20. The number of hydrogen-bond donors (Lipinski definition) is 3. The van der Waals surface area contributed by atoms with Crippen LogP contribution in [0.1, 0.15) is 54.2 Å². The Morgan fingerprint density at radius 2 is 1.12 bits per heavy atom. The molecule has 3 N–H and O–H groups in total. The molecule has 15 heteroatoms. The molecule has 0 saturated heterocycles. The van der Waals surface area contributed by atoms with Crippen molar-refractivity contribution in [2.24, 2.45) is 0 Å². The minimum absolute atomic E-state index is 0.0448. The molecule has 0 bridgehead atoms. The second-order valence-electron chi connectivity index (χ2n) is 15.3. The van der Waals surface area contributed by atoms with Crippen LogP contribution in [0.4, 0.5) is 4.39 Å². The van der Waals surface area contributed by atoms with Crippen molar-refractivity contribution in [2.45, 2.75) is 65.6 Å². The van der Waals surface area contributed by atoms with E-state index in [4.69, 9.17) is 40.1 Å². The number of benzene rings is 6. The first kappa shape index (κ1) is 51.6. The molecule has 1 unspecified atom stereocenters. The van der Waals surface area contributed by atoms with Gasteiger partial charge in [-0.25, -0.2) is 27.2 Å². The second-order valence-corrected chi connectivity index (χ2v) is 17.5. The lowest BCUT2D eigenvalue weighted by Crippen LogP contribution is -2.23. The van der Waals surface area contributed by atoms with Gasteiger partial charge in [-0.3, -0.25) is 0 Å². The van der Waals surface area contributed by atoms with Crippen LogP contribution in [0.5, 0.6) is 17.2 Å². The predicted molar refractivity (Wildman–Crippen MR) is 250 cm³/mol. The summed E-state index contributed by atoms with van der Waals surface area (Å²) in [6.45, 7) is 11.6. The number of aliphatic carboxylic acids is 3. The Labute approximate surface area is 388 Å². The van der Waals surface area contributed by atoms with Gasteiger partial charge in [0, 0.05) is 22.3 Å². The number of carboxylic acid groups (broad SMARTS) is 3. The van der Waals surface area contributed by atoms with Crippen molar-refractivity contribution in [1.82, 2.24) is 0 Å². The van der Waals surface area contributed by atoms with E-state index in [9.17, 15) is 27.2 Å². The third-order valence-electron chi connectivity index (χ3n) is 9.97. The number of rotatable bonds is 14. The van der Waals surface area contributed by atoms with Crippen molar-refractivity contribution in [3.8, 4) is 62.8 Å². The number of nitrogens with zero attached hydrogens (tertiary/aromatic N) is 2. The lowest BCUT2D eigenvalue weighted by molar-refractivity contribution is -0.145. The van der Waals surface area contributed by atoms with Gasteiger partial charge in [-0.15, -0.1) is 0 Å². The van der Waals surface area contributed by atoms with Crippen LogP contribution in [0.3, 0.4) is 0 Å². The van der Waals surface area contributed by atoms with E-state index < -0.39 is 52.4 Å². The zero-order valence-electron chi connectivity index (χ0n) is 37.8. The van der Waals surface area contributed by atoms with Gasteiger partial charge in [0.1, 0.15) is 23.1 Å². The molecule has 0 aromatic heterocycles. The molecule has 0 aliphatic carbocycles. The number of ether oxygens (including phenoxy) is 3. The maximum atomic E-state index is 14.1. The van der Waals surface area contributed by atoms with Crippen molar-refractivity contribution < 1.29 is 56.7 Å². The van der Waals surface area contributed by atoms with Crippen molar-refractivity contribution >= 4 is 27.7 Å². The molecular formula is C52H49FN2O11S. The Bertz CT molecular complexity index is 2990. The molecule has 6 aromatic carbocycles. The summed E-state index contributed by atoms with van der Waals surface area (Å²) in [5.41, 5.74) is 8.33. The van der Waals surface area contributed by atoms with Gasteiger partial charge in [-0.2, -0.15) is 10.5 Å². The summed E-state index contributed by atoms with van der Waals surface area (Å²) in [5, 5.41) is 44.7. The summed E-state index contributed by atoms with van der Waals surface area (Å²) in [6, 6.07) is 36.2. The van der Waals surface area contributed by atoms with Crippen LogP contribution < -0.4 is 14.2 Å². The van der Waals surface area contributed by atoms with Crippen molar-refractivity contribution in [3.63, 3.8) is 0 Å². The summed E-state index contributed by atoms with van der Waals surface area (Å²) in [4.78, 5) is 32.9. The minimum Gasteiger partial charge on any atom is -0.481 e. The van der Waals surface area contributed by atoms with Crippen LogP contribution in [-0.4, -0.2) is 66.2 Å². The van der Waals surface area contributed by atoms with Crippen LogP contribution in [0.25, 0.3) is 33.4 Å². The molecule has 13 nitrogen and oxygen atoms in total. The summed E-state index contributed by atoms with van der Waals surface area (Å²) in [5.74, 6) is -2.44. The highest BCUT2D eigenvalue weighted by Crippen LogP contribution is 2.36. The van der Waals surface area contributed by atoms with Gasteiger partial charge < -0.3 is 29.5 Å². The second kappa shape index (κ2) is 23.3. The summed E-state index contributed by atoms with van der Waals surface area (Å²) in [7, 11) is -3.27. The number of carbonyl (C=O) groups is 3. The molecule has 6 rings (SSSR count). The Balaban J connectivity index is 0.000000220. The fourth-order valence-corrected chi connectivity index (χ4v) is 7.35. The van der Waals surface area contributed by atoms with E-state index in [0.29, 0.717) is 28.2 Å². The topological polar surface area (TPSA) is 221 Å². The molecule has 2 atom stereocenters. The first-order valence-corrected chi connectivity index (χ1v) is 22.3. The molecule has 0 aliphatic heterocycles. The van der Waals surface area contributed by atoms with Crippen LogP contribution in [0.15, 0.2) is 120 Å². The maximum absolute atomic E-state index is 14.1. The standard InChI is InChI=1S/C18H20O5S.C17H14FNO3.C17H15NO3/c1-4-24(21,22)14-6-7-15(13(3)10-14)16-9-12(2)5-8-17(16)23-11-18(19)20;1-10-3-6-16(22-11(2)17(20)21)14(7-10)13-8-12(9-19)4-5-15(13)18;1-11-6-7-16(21-12(2)17(19)20)15(8-11)14-5-3-4-13(9-14)10-18/h5-10H,4,11H2,1-3H3,(H,19,20);3-8,11H,1-2H3,(H,20,21);3-9,12H,1-2H3,(H,19,20)/t;;12-/m..0/s1. The highest BCUT2D eigenvalue weighted by atomic mass is 32.2. The third kappa shape index (κ3) is 14.2. The Hall–Kier alpha value is -8.01. The quantitative estimate of drug-likeness (QED) is 0.0926. The molecule has 0 fully saturated rings. The van der Waals surface area contributed by atoms with Crippen LogP contribution in [0.2, 0.25) is 0 Å². The summed E-state index contributed by atoms with van der Waals surface area (Å²) < 4.78 is 54.4. The van der Waals surface area contributed by atoms with Crippen molar-refractivity contribution in [3.05, 3.63) is 154 Å². The molecule has 67 heavy (non-hydrogen) atoms. The number of aryl methyl sites for hydroxylation is 4. The SMILES string of the molecule is CCS(=O)(=O)c1ccc(-c2cc(C)ccc2OCC(=O)O)c(C)c1.Cc1ccc(OC(C)C(=O)O)c(-c2cc(C#N)ccc2F)c1.Cc1ccc(O[C@@H](C)C(=O)O)c(-c2cccc(C#N)c2)c1. The molecule has 6 aromatic rings. The number of nitriles is 2. The van der Waals surface area contributed by atoms with E-state index in [1.54, 1.807) is 73.7 Å². The summed E-state index contributed by atoms with van der Waals surface area (Å²) in [6.07, 6.45) is -2.01. The summed E-state index contributed by atoms with van der Waals surface area (Å²) >= 11 is 0. The monoisotopic (exact) mass is 928 g/mol. The molecule has 0 radical (unpaired) electrons. The number of carboxylic acids is 3. The van der Waals surface area contributed by atoms with Gasteiger partial charge in [0.2, 0.25) is 0 Å². The van der Waals surface area contributed by atoms with Crippen molar-refractivity contribution in [1.29, 1.82) is 10.5 Å². The van der Waals surface area contributed by atoms with E-state index in [0.717, 1.165) is 44.5 Å². The predicted octanol–water partition coefficient (Wildman–Crippen LogP) is 10.1. The zero-order chi connectivity index (χ0) is 49.6. The lowest BCUT2D eigenvalue weighted by atomic mass is 9.98. The van der Waals surface area contributed by atoms with Crippen molar-refractivity contribution in [2.75, 3.05) is 12.4 Å². The molecule has 0 saturated carbocycles. The molecule has 0 spiro atoms. The largest absolute Gasteiger partial charge is 0.481 e. The van der Waals surface area contributed by atoms with Crippen LogP contribution >= 0.6 is 0 Å². The van der Waals surface area contributed by atoms with Gasteiger partial charge in [0.05, 0.1) is 33.9 Å². The fraction of sp³-hybridized carbons (Fsp3) is 0.212. The van der Waals surface area contributed by atoms with E-state index in [1.807, 2.05) is 64.1 Å². The van der Waals surface area contributed by atoms with Gasteiger partial charge >= 0.3 is 17.9 Å². The number of halogens is 1. The third-order valence-corrected chi connectivity index (χ3v) is 11.7.